The number of urea groups is 1. The SMILES string of the molecule is Cc1ccc(Cl)cc1N1C(=O)NC(=O)/C(=C\c2cc(Cl)c(OCc3ccccc3)c(Cl)c2)C1=O. The van der Waals surface area contributed by atoms with Crippen LogP contribution in [0.4, 0.5) is 10.5 Å². The van der Waals surface area contributed by atoms with Gasteiger partial charge in [0, 0.05) is 5.02 Å². The topological polar surface area (TPSA) is 75.7 Å². The van der Waals surface area contributed by atoms with Crippen molar-refractivity contribution in [2.75, 3.05) is 4.90 Å². The summed E-state index contributed by atoms with van der Waals surface area (Å²) in [5.74, 6) is -1.35. The van der Waals surface area contributed by atoms with Crippen LogP contribution >= 0.6 is 34.8 Å². The van der Waals surface area contributed by atoms with Crippen LogP contribution in [-0.4, -0.2) is 17.8 Å². The Hall–Kier alpha value is -3.32. The first kappa shape index (κ1) is 23.8. The van der Waals surface area contributed by atoms with Crippen molar-refractivity contribution in [2.45, 2.75) is 13.5 Å². The van der Waals surface area contributed by atoms with Crippen LogP contribution in [0.15, 0.2) is 66.2 Å². The highest BCUT2D eigenvalue weighted by atomic mass is 35.5. The summed E-state index contributed by atoms with van der Waals surface area (Å²) in [4.78, 5) is 39.0. The van der Waals surface area contributed by atoms with Crippen LogP contribution in [0.5, 0.6) is 5.75 Å². The second kappa shape index (κ2) is 9.89. The maximum absolute atomic E-state index is 13.2. The predicted octanol–water partition coefficient (Wildman–Crippen LogP) is 6.20. The maximum atomic E-state index is 13.2. The molecule has 1 N–H and O–H groups in total. The van der Waals surface area contributed by atoms with E-state index in [0.717, 1.165) is 10.5 Å². The minimum absolute atomic E-state index is 0.206. The molecule has 6 nitrogen and oxygen atoms in total. The molecule has 0 saturated carbocycles. The number of anilines is 1. The molecule has 0 unspecified atom stereocenters. The van der Waals surface area contributed by atoms with Gasteiger partial charge in [0.15, 0.2) is 5.75 Å². The first-order chi connectivity index (χ1) is 16.2. The molecule has 9 heteroatoms. The van der Waals surface area contributed by atoms with Crippen molar-refractivity contribution in [1.82, 2.24) is 5.32 Å². The Labute approximate surface area is 210 Å². The summed E-state index contributed by atoms with van der Waals surface area (Å²) in [6, 6.07) is 16.5. The number of halogens is 3. The molecule has 34 heavy (non-hydrogen) atoms. The summed E-state index contributed by atoms with van der Waals surface area (Å²) in [5.41, 5.74) is 1.97. The van der Waals surface area contributed by atoms with Crippen LogP contribution < -0.4 is 15.0 Å². The lowest BCUT2D eigenvalue weighted by Gasteiger charge is -2.27. The van der Waals surface area contributed by atoms with E-state index < -0.39 is 17.8 Å². The van der Waals surface area contributed by atoms with Gasteiger partial charge in [-0.3, -0.25) is 14.9 Å². The van der Waals surface area contributed by atoms with Gasteiger partial charge in [0.1, 0.15) is 12.2 Å². The second-order valence-electron chi connectivity index (χ2n) is 7.48. The fraction of sp³-hybridized carbons (Fsp3) is 0.0800. The summed E-state index contributed by atoms with van der Waals surface area (Å²) < 4.78 is 5.76. The first-order valence-electron chi connectivity index (χ1n) is 10.1. The van der Waals surface area contributed by atoms with Gasteiger partial charge in [0.05, 0.1) is 15.7 Å². The van der Waals surface area contributed by atoms with Crippen molar-refractivity contribution in [3.8, 4) is 5.75 Å². The number of barbiturate groups is 1. The molecule has 4 rings (SSSR count). The number of nitrogens with one attached hydrogen (secondary N) is 1. The Balaban J connectivity index is 1.64. The van der Waals surface area contributed by atoms with Crippen molar-refractivity contribution < 1.29 is 19.1 Å². The quantitative estimate of drug-likeness (QED) is 0.324. The zero-order valence-corrected chi connectivity index (χ0v) is 20.0. The van der Waals surface area contributed by atoms with E-state index in [-0.39, 0.29) is 33.7 Å². The molecule has 0 bridgehead atoms. The smallest absolute Gasteiger partial charge is 0.335 e. The fourth-order valence-electron chi connectivity index (χ4n) is 3.40. The van der Waals surface area contributed by atoms with E-state index in [1.807, 2.05) is 30.3 Å². The molecule has 1 saturated heterocycles. The van der Waals surface area contributed by atoms with Crippen molar-refractivity contribution in [1.29, 1.82) is 0 Å². The van der Waals surface area contributed by atoms with Crippen molar-refractivity contribution in [2.24, 2.45) is 0 Å². The Bertz CT molecular complexity index is 1320. The van der Waals surface area contributed by atoms with Crippen LogP contribution in [0.2, 0.25) is 15.1 Å². The molecule has 0 spiro atoms. The van der Waals surface area contributed by atoms with Gasteiger partial charge in [-0.25, -0.2) is 9.69 Å². The Morgan fingerprint density at radius 3 is 2.29 bits per heavy atom. The van der Waals surface area contributed by atoms with E-state index in [2.05, 4.69) is 5.32 Å². The van der Waals surface area contributed by atoms with Crippen LogP contribution in [-0.2, 0) is 16.2 Å². The fourth-order valence-corrected chi connectivity index (χ4v) is 4.18. The molecule has 1 aliphatic heterocycles. The summed E-state index contributed by atoms with van der Waals surface area (Å²) in [7, 11) is 0. The van der Waals surface area contributed by atoms with Gasteiger partial charge in [0.2, 0.25) is 0 Å². The molecule has 3 aromatic carbocycles. The highest BCUT2D eigenvalue weighted by molar-refractivity contribution is 6.40. The zero-order valence-electron chi connectivity index (χ0n) is 17.8. The first-order valence-corrected chi connectivity index (χ1v) is 11.2. The van der Waals surface area contributed by atoms with Crippen molar-refractivity contribution in [3.63, 3.8) is 0 Å². The lowest BCUT2D eigenvalue weighted by atomic mass is 10.1. The molecular formula is C25H17Cl3N2O4. The molecule has 0 atom stereocenters. The van der Waals surface area contributed by atoms with Gasteiger partial charge in [-0.15, -0.1) is 0 Å². The van der Waals surface area contributed by atoms with E-state index in [0.29, 0.717) is 16.1 Å². The lowest BCUT2D eigenvalue weighted by Crippen LogP contribution is -2.54. The van der Waals surface area contributed by atoms with Crippen molar-refractivity contribution in [3.05, 3.63) is 98.0 Å². The number of carbonyl (C=O) groups is 3. The highest BCUT2D eigenvalue weighted by Gasteiger charge is 2.37. The van der Waals surface area contributed by atoms with Gasteiger partial charge in [-0.1, -0.05) is 71.2 Å². The molecule has 0 aromatic heterocycles. The third-order valence-electron chi connectivity index (χ3n) is 5.07. The molecular weight excluding hydrogens is 499 g/mol. The average Bonchev–Trinajstić information content (AvgIpc) is 2.79. The molecule has 4 amide bonds. The molecule has 1 aliphatic rings. The van der Waals surface area contributed by atoms with Gasteiger partial charge >= 0.3 is 6.03 Å². The van der Waals surface area contributed by atoms with Gasteiger partial charge in [-0.05, 0) is 54.0 Å². The summed E-state index contributed by atoms with van der Waals surface area (Å²) in [6.45, 7) is 1.98. The number of benzene rings is 3. The number of aryl methyl sites for hydroxylation is 1. The van der Waals surface area contributed by atoms with Gasteiger partial charge in [-0.2, -0.15) is 0 Å². The Morgan fingerprint density at radius 2 is 1.62 bits per heavy atom. The second-order valence-corrected chi connectivity index (χ2v) is 8.73. The number of nitrogens with zero attached hydrogens (tertiary/aromatic N) is 1. The maximum Gasteiger partial charge on any atom is 0.335 e. The molecule has 1 fully saturated rings. The molecule has 0 radical (unpaired) electrons. The Kier molecular flexibility index (Phi) is 6.93. The Morgan fingerprint density at radius 1 is 0.941 bits per heavy atom. The van der Waals surface area contributed by atoms with Crippen LogP contribution in [0.1, 0.15) is 16.7 Å². The van der Waals surface area contributed by atoms with Crippen LogP contribution in [0, 0.1) is 6.92 Å². The van der Waals surface area contributed by atoms with Crippen molar-refractivity contribution >= 4 is 64.4 Å². The number of rotatable bonds is 5. The molecule has 172 valence electrons. The van der Waals surface area contributed by atoms with E-state index in [1.54, 1.807) is 19.1 Å². The molecule has 3 aromatic rings. The number of imide groups is 2. The van der Waals surface area contributed by atoms with Crippen LogP contribution in [0.25, 0.3) is 6.08 Å². The monoisotopic (exact) mass is 514 g/mol. The summed E-state index contributed by atoms with van der Waals surface area (Å²) in [6.07, 6.45) is 1.32. The normalized spacial score (nSPS) is 15.0. The van der Waals surface area contributed by atoms with Gasteiger partial charge in [0.25, 0.3) is 11.8 Å². The summed E-state index contributed by atoms with van der Waals surface area (Å²) in [5, 5.41) is 2.93. The lowest BCUT2D eigenvalue weighted by molar-refractivity contribution is -0.122. The minimum atomic E-state index is -0.863. The standard InChI is InChI=1S/C25H17Cl3N2O4/c1-14-7-8-17(26)12-21(14)30-24(32)18(23(31)29-25(30)33)9-16-10-19(27)22(20(28)11-16)34-13-15-5-3-2-4-6-15/h2-12H,13H2,1H3,(H,29,31,33)/b18-9+. The summed E-state index contributed by atoms with van der Waals surface area (Å²) >= 11 is 18.8. The third-order valence-corrected chi connectivity index (χ3v) is 5.87. The van der Waals surface area contributed by atoms with Crippen LogP contribution in [0.3, 0.4) is 0 Å². The number of amides is 4. The number of carbonyl (C=O) groups excluding carboxylic acids is 3. The van der Waals surface area contributed by atoms with E-state index in [1.165, 1.54) is 24.3 Å². The number of hydrogen-bond acceptors (Lipinski definition) is 4. The minimum Gasteiger partial charge on any atom is -0.486 e. The third kappa shape index (κ3) is 4.94. The number of ether oxygens (including phenoxy) is 1. The zero-order chi connectivity index (χ0) is 24.4. The van der Waals surface area contributed by atoms with E-state index in [9.17, 15) is 14.4 Å². The molecule has 0 aliphatic carbocycles. The predicted molar refractivity (Wildman–Crippen MR) is 132 cm³/mol. The average molecular weight is 516 g/mol. The largest absolute Gasteiger partial charge is 0.486 e. The highest BCUT2D eigenvalue weighted by Crippen LogP contribution is 2.36. The molecule has 1 heterocycles. The number of hydrogen-bond donors (Lipinski definition) is 1. The van der Waals surface area contributed by atoms with Gasteiger partial charge < -0.3 is 4.74 Å². The van der Waals surface area contributed by atoms with E-state index in [4.69, 9.17) is 39.5 Å². The van der Waals surface area contributed by atoms with E-state index >= 15 is 0 Å².